The minimum absolute atomic E-state index is 0.0627. The van der Waals surface area contributed by atoms with Gasteiger partial charge in [-0.25, -0.2) is 14.2 Å². The summed E-state index contributed by atoms with van der Waals surface area (Å²) in [5.74, 6) is 0.578. The monoisotopic (exact) mass is 703 g/mol. The van der Waals surface area contributed by atoms with Gasteiger partial charge in [-0.1, -0.05) is 44.2 Å². The molecule has 0 saturated carbocycles. The predicted molar refractivity (Wildman–Crippen MR) is 195 cm³/mol. The Hall–Kier alpha value is -4.32. The van der Waals surface area contributed by atoms with E-state index in [1.54, 1.807) is 9.80 Å². The van der Waals surface area contributed by atoms with E-state index in [9.17, 15) is 14.0 Å². The second kappa shape index (κ2) is 15.9. The van der Waals surface area contributed by atoms with E-state index in [4.69, 9.17) is 9.47 Å². The molecule has 2 aromatic carbocycles. The van der Waals surface area contributed by atoms with Crippen molar-refractivity contribution in [2.24, 2.45) is 11.3 Å². The number of aromatic nitrogens is 3. The van der Waals surface area contributed by atoms with Gasteiger partial charge in [0.15, 0.2) is 5.82 Å². The van der Waals surface area contributed by atoms with E-state index in [-0.39, 0.29) is 52.8 Å². The van der Waals surface area contributed by atoms with Gasteiger partial charge in [0.1, 0.15) is 24.5 Å². The zero-order valence-electron chi connectivity index (χ0n) is 31.4. The Balaban J connectivity index is 1.20. The largest absolute Gasteiger partial charge is 0.445 e. The second-order valence-corrected chi connectivity index (χ2v) is 15.4. The number of ether oxygens (including phenoxy) is 2. The van der Waals surface area contributed by atoms with Crippen LogP contribution in [-0.4, -0.2) is 99.3 Å². The van der Waals surface area contributed by atoms with Crippen LogP contribution in [0, 0.1) is 17.2 Å². The fourth-order valence-corrected chi connectivity index (χ4v) is 7.40. The highest BCUT2D eigenvalue weighted by atomic mass is 19.1. The summed E-state index contributed by atoms with van der Waals surface area (Å²) in [5, 5.41) is 8.23. The summed E-state index contributed by atoms with van der Waals surface area (Å²) in [4.78, 5) is 39.1. The maximum atomic E-state index is 14.4. The molecule has 2 aliphatic heterocycles. The lowest BCUT2D eigenvalue weighted by atomic mass is 9.76. The van der Waals surface area contributed by atoms with E-state index in [0.29, 0.717) is 24.3 Å². The number of hydrogen-bond donors (Lipinski definition) is 0. The van der Waals surface area contributed by atoms with E-state index in [0.717, 1.165) is 51.0 Å². The molecule has 2 fully saturated rings. The number of carbonyl (C=O) groups excluding carboxylic acids is 2. The maximum absolute atomic E-state index is 14.4. The Bertz CT molecular complexity index is 1650. The van der Waals surface area contributed by atoms with Crippen LogP contribution in [0.2, 0.25) is 0 Å². The Morgan fingerprint density at radius 2 is 1.78 bits per heavy atom. The molecule has 51 heavy (non-hydrogen) atoms. The third-order valence-corrected chi connectivity index (χ3v) is 10.7. The molecule has 2 amide bonds. The van der Waals surface area contributed by atoms with Gasteiger partial charge in [-0.05, 0) is 83.6 Å². The molecule has 0 bridgehead atoms. The number of halogens is 1. The van der Waals surface area contributed by atoms with Gasteiger partial charge in [-0.15, -0.1) is 10.2 Å². The first-order chi connectivity index (χ1) is 24.2. The number of carbonyl (C=O) groups is 2. The molecule has 2 aliphatic rings. The lowest BCUT2D eigenvalue weighted by Gasteiger charge is -2.53. The van der Waals surface area contributed by atoms with E-state index in [1.807, 2.05) is 58.2 Å². The molecule has 0 N–H and O–H groups in total. The van der Waals surface area contributed by atoms with Crippen LogP contribution >= 0.6 is 0 Å². The van der Waals surface area contributed by atoms with Crippen molar-refractivity contribution in [1.82, 2.24) is 29.9 Å². The molecule has 276 valence electrons. The smallest absolute Gasteiger partial charge is 0.410 e. The van der Waals surface area contributed by atoms with E-state index >= 15 is 0 Å². The van der Waals surface area contributed by atoms with Crippen LogP contribution in [0.1, 0.15) is 83.7 Å². The van der Waals surface area contributed by atoms with Crippen molar-refractivity contribution in [2.75, 3.05) is 44.7 Å². The van der Waals surface area contributed by atoms with Gasteiger partial charge in [-0.3, -0.25) is 9.69 Å². The van der Waals surface area contributed by atoms with Crippen LogP contribution in [0.4, 0.5) is 15.0 Å². The number of rotatable bonds is 14. The van der Waals surface area contributed by atoms with Crippen molar-refractivity contribution < 1.29 is 23.5 Å². The molecule has 11 nitrogen and oxygen atoms in total. The van der Waals surface area contributed by atoms with E-state index in [2.05, 4.69) is 52.7 Å². The number of benzene rings is 2. The van der Waals surface area contributed by atoms with Crippen LogP contribution in [0.5, 0.6) is 11.6 Å². The van der Waals surface area contributed by atoms with Crippen LogP contribution in [0.3, 0.4) is 0 Å². The molecule has 2 saturated heterocycles. The lowest BCUT2D eigenvalue weighted by Crippen LogP contribution is -2.62. The summed E-state index contributed by atoms with van der Waals surface area (Å²) in [7, 11) is 1.82. The molecule has 0 unspecified atom stereocenters. The first-order valence-corrected chi connectivity index (χ1v) is 18.1. The fourth-order valence-electron chi connectivity index (χ4n) is 7.40. The zero-order chi connectivity index (χ0) is 36.9. The van der Waals surface area contributed by atoms with Crippen molar-refractivity contribution in [1.29, 1.82) is 0 Å². The quantitative estimate of drug-likeness (QED) is 0.175. The third-order valence-electron chi connectivity index (χ3n) is 10.7. The van der Waals surface area contributed by atoms with Crippen molar-refractivity contribution in [3.05, 3.63) is 71.8 Å². The third kappa shape index (κ3) is 8.77. The predicted octanol–water partition coefficient (Wildman–Crippen LogP) is 7.04. The van der Waals surface area contributed by atoms with E-state index in [1.165, 1.54) is 24.5 Å². The van der Waals surface area contributed by atoms with E-state index < -0.39 is 5.82 Å². The van der Waals surface area contributed by atoms with Crippen molar-refractivity contribution in [3.8, 4) is 11.6 Å². The molecule has 12 heteroatoms. The van der Waals surface area contributed by atoms with Gasteiger partial charge in [0.2, 0.25) is 0 Å². The number of likely N-dealkylation sites (tertiary alicyclic amines) is 1. The van der Waals surface area contributed by atoms with Crippen molar-refractivity contribution >= 4 is 17.8 Å². The Kier molecular flexibility index (Phi) is 11.8. The van der Waals surface area contributed by atoms with Gasteiger partial charge in [0.25, 0.3) is 11.8 Å². The minimum Gasteiger partial charge on any atom is -0.445 e. The van der Waals surface area contributed by atoms with Crippen LogP contribution in [0.15, 0.2) is 54.9 Å². The second-order valence-electron chi connectivity index (χ2n) is 15.4. The van der Waals surface area contributed by atoms with Crippen LogP contribution in [0.25, 0.3) is 0 Å². The number of amides is 2. The van der Waals surface area contributed by atoms with Crippen LogP contribution in [-0.2, 0) is 11.3 Å². The molecule has 3 aromatic rings. The summed E-state index contributed by atoms with van der Waals surface area (Å²) >= 11 is 0. The lowest BCUT2D eigenvalue weighted by molar-refractivity contribution is -0.0377. The zero-order valence-corrected chi connectivity index (χ0v) is 31.4. The molecule has 1 spiro atoms. The Morgan fingerprint density at radius 1 is 1.06 bits per heavy atom. The molecular weight excluding hydrogens is 649 g/mol. The number of hydrogen-bond acceptors (Lipinski definition) is 9. The summed E-state index contributed by atoms with van der Waals surface area (Å²) in [6.07, 6.45) is 3.89. The number of nitrogens with zero attached hydrogens (tertiary/aromatic N) is 7. The highest BCUT2D eigenvalue weighted by Gasteiger charge is 2.50. The fraction of sp³-hybridized carbons (Fsp3) is 0.564. The standard InChI is InChI=1S/C39H54FN7O4/c1-9-47(28(4)5)36(48)31-21-30(40)15-16-33(31)51-35-34(41-26-42-43-35)45-20-19-39(23-45)24-46(25-39)32(27(2)3)17-18-38(6,7)44(8)37(49)50-22-29-13-11-10-12-14-29/h10-16,21,26-28,32H,9,17-20,22-25H2,1-8H3/t32-/m0/s1. The van der Waals surface area contributed by atoms with Gasteiger partial charge >= 0.3 is 6.09 Å². The average molecular weight is 704 g/mol. The minimum atomic E-state index is -0.518. The van der Waals surface area contributed by atoms with Gasteiger partial charge in [0.05, 0.1) is 5.56 Å². The highest BCUT2D eigenvalue weighted by molar-refractivity contribution is 5.97. The van der Waals surface area contributed by atoms with Gasteiger partial charge in [0, 0.05) is 62.8 Å². The van der Waals surface area contributed by atoms with Crippen molar-refractivity contribution in [2.45, 2.75) is 92.0 Å². The molecule has 0 radical (unpaired) electrons. The SMILES string of the molecule is CCN(C(=O)c1cc(F)ccc1Oc1nncnc1N1CCC2(C1)CN([C@@H](CCC(C)(C)N(C)C(=O)OCc1ccccc1)C(C)C)C2)C(C)C. The summed E-state index contributed by atoms with van der Waals surface area (Å²) in [6, 6.07) is 14.0. The first kappa shape index (κ1) is 37.9. The number of anilines is 1. The normalized spacial score (nSPS) is 16.3. The molecule has 1 atom stereocenters. The Morgan fingerprint density at radius 3 is 2.45 bits per heavy atom. The maximum Gasteiger partial charge on any atom is 0.410 e. The average Bonchev–Trinajstić information content (AvgIpc) is 3.54. The summed E-state index contributed by atoms with van der Waals surface area (Å²) in [5.41, 5.74) is 0.835. The van der Waals surface area contributed by atoms with Gasteiger partial charge in [-0.2, -0.15) is 0 Å². The molecule has 3 heterocycles. The summed E-state index contributed by atoms with van der Waals surface area (Å²) in [6.45, 7) is 18.7. The van der Waals surface area contributed by atoms with Crippen LogP contribution < -0.4 is 9.64 Å². The highest BCUT2D eigenvalue weighted by Crippen LogP contribution is 2.45. The first-order valence-electron chi connectivity index (χ1n) is 18.1. The van der Waals surface area contributed by atoms with Gasteiger partial charge < -0.3 is 24.2 Å². The topological polar surface area (TPSA) is 104 Å². The summed E-state index contributed by atoms with van der Waals surface area (Å²) < 4.78 is 26.2. The van der Waals surface area contributed by atoms with Crippen molar-refractivity contribution in [3.63, 3.8) is 0 Å². The molecule has 0 aliphatic carbocycles. The molecule has 1 aromatic heterocycles. The molecular formula is C39H54FN7O4. The molecule has 5 rings (SSSR count). The Labute approximate surface area is 302 Å².